The molecule has 2 amide bonds. The summed E-state index contributed by atoms with van der Waals surface area (Å²) in [5, 5.41) is 0. The number of carbonyl (C=O) groups excluding carboxylic acids is 2. The van der Waals surface area contributed by atoms with Crippen molar-refractivity contribution in [2.24, 2.45) is 11.3 Å². The van der Waals surface area contributed by atoms with Crippen molar-refractivity contribution in [1.82, 2.24) is 9.80 Å². The molecule has 0 aliphatic carbocycles. The lowest BCUT2D eigenvalue weighted by molar-refractivity contribution is -0.237. The molecule has 2 aliphatic heterocycles. The van der Waals surface area contributed by atoms with Crippen molar-refractivity contribution in [3.63, 3.8) is 0 Å². The first-order valence-corrected chi connectivity index (χ1v) is 8.97. The first kappa shape index (κ1) is 22.6. The molecule has 28 heavy (non-hydrogen) atoms. The summed E-state index contributed by atoms with van der Waals surface area (Å²) in [6, 6.07) is 0. The van der Waals surface area contributed by atoms with Crippen LogP contribution in [0.2, 0.25) is 0 Å². The maximum atomic E-state index is 13.8. The standard InChI is InChI=1S/C17H24F6N2O3/c1-14(2,3)28-13(27)24-8-5-15(6-9-24,17(21,22)23)12(26)25-7-4-11(10-25)16(18,19)20/h11H,4-10H2,1-3H3/t11-/m0/s1. The van der Waals surface area contributed by atoms with Crippen molar-refractivity contribution >= 4 is 12.0 Å². The summed E-state index contributed by atoms with van der Waals surface area (Å²) < 4.78 is 85.1. The molecular weight excluding hydrogens is 394 g/mol. The van der Waals surface area contributed by atoms with Gasteiger partial charge in [0.25, 0.3) is 0 Å². The molecule has 0 saturated carbocycles. The zero-order chi connectivity index (χ0) is 21.5. The quantitative estimate of drug-likeness (QED) is 0.606. The number of hydrogen-bond donors (Lipinski definition) is 0. The number of halogens is 6. The molecule has 0 aromatic rings. The second-order valence-corrected chi connectivity index (χ2v) is 8.33. The normalized spacial score (nSPS) is 23.7. The highest BCUT2D eigenvalue weighted by Crippen LogP contribution is 2.49. The number of nitrogens with zero attached hydrogens (tertiary/aromatic N) is 2. The minimum Gasteiger partial charge on any atom is -0.444 e. The van der Waals surface area contributed by atoms with Gasteiger partial charge in [-0.1, -0.05) is 0 Å². The van der Waals surface area contributed by atoms with Crippen molar-refractivity contribution in [3.8, 4) is 0 Å². The summed E-state index contributed by atoms with van der Waals surface area (Å²) in [5.74, 6) is -3.15. The molecule has 0 aromatic carbocycles. The summed E-state index contributed by atoms with van der Waals surface area (Å²) in [5.41, 5.74) is -3.61. The maximum Gasteiger partial charge on any atom is 0.410 e. The van der Waals surface area contributed by atoms with Crippen LogP contribution in [-0.4, -0.2) is 65.9 Å². The molecule has 5 nitrogen and oxygen atoms in total. The largest absolute Gasteiger partial charge is 0.444 e. The van der Waals surface area contributed by atoms with E-state index in [-0.39, 0.29) is 19.6 Å². The molecule has 2 saturated heterocycles. The summed E-state index contributed by atoms with van der Waals surface area (Å²) in [6.45, 7) is 2.98. The molecule has 162 valence electrons. The minimum atomic E-state index is -4.93. The molecule has 2 rings (SSSR count). The molecule has 2 heterocycles. The van der Waals surface area contributed by atoms with E-state index in [0.29, 0.717) is 4.90 Å². The third-order valence-corrected chi connectivity index (χ3v) is 5.16. The number of likely N-dealkylation sites (tertiary alicyclic amines) is 2. The number of hydrogen-bond acceptors (Lipinski definition) is 3. The smallest absolute Gasteiger partial charge is 0.410 e. The highest BCUT2D eigenvalue weighted by atomic mass is 19.4. The van der Waals surface area contributed by atoms with E-state index in [1.165, 1.54) is 0 Å². The van der Waals surface area contributed by atoms with Crippen LogP contribution < -0.4 is 0 Å². The number of rotatable bonds is 1. The Morgan fingerprint density at radius 2 is 1.46 bits per heavy atom. The van der Waals surface area contributed by atoms with Crippen molar-refractivity contribution in [2.75, 3.05) is 26.2 Å². The second kappa shape index (κ2) is 7.29. The van der Waals surface area contributed by atoms with Gasteiger partial charge >= 0.3 is 18.4 Å². The summed E-state index contributed by atoms with van der Waals surface area (Å²) in [4.78, 5) is 26.5. The average molecular weight is 418 g/mol. The molecule has 0 radical (unpaired) electrons. The van der Waals surface area contributed by atoms with Crippen LogP contribution in [0, 0.1) is 11.3 Å². The predicted molar refractivity (Wildman–Crippen MR) is 86.3 cm³/mol. The zero-order valence-corrected chi connectivity index (χ0v) is 15.9. The molecule has 2 fully saturated rings. The van der Waals surface area contributed by atoms with Crippen LogP contribution in [0.25, 0.3) is 0 Å². The Kier molecular flexibility index (Phi) is 5.89. The Morgan fingerprint density at radius 3 is 1.86 bits per heavy atom. The van der Waals surface area contributed by atoms with Gasteiger partial charge in [-0.05, 0) is 40.0 Å². The number of alkyl halides is 6. The van der Waals surface area contributed by atoms with Gasteiger partial charge in [-0.2, -0.15) is 26.3 Å². The highest BCUT2D eigenvalue weighted by molar-refractivity contribution is 5.84. The Hall–Kier alpha value is -1.68. The van der Waals surface area contributed by atoms with Gasteiger partial charge in [-0.3, -0.25) is 4.79 Å². The minimum absolute atomic E-state index is 0.364. The number of amides is 2. The lowest BCUT2D eigenvalue weighted by Crippen LogP contribution is -2.58. The lowest BCUT2D eigenvalue weighted by atomic mass is 9.76. The van der Waals surface area contributed by atoms with Crippen LogP contribution in [0.4, 0.5) is 31.1 Å². The van der Waals surface area contributed by atoms with Gasteiger partial charge in [0.2, 0.25) is 5.91 Å². The summed E-state index contributed by atoms with van der Waals surface area (Å²) in [6.07, 6.45) is -12.1. The molecule has 0 aromatic heterocycles. The van der Waals surface area contributed by atoms with E-state index in [0.717, 1.165) is 4.90 Å². The third kappa shape index (κ3) is 4.65. The Morgan fingerprint density at radius 1 is 0.929 bits per heavy atom. The van der Waals surface area contributed by atoms with Gasteiger partial charge in [0.15, 0.2) is 0 Å². The number of piperidine rings is 1. The maximum absolute atomic E-state index is 13.8. The van der Waals surface area contributed by atoms with Crippen LogP contribution >= 0.6 is 0 Å². The summed E-state index contributed by atoms with van der Waals surface area (Å²) in [7, 11) is 0. The Balaban J connectivity index is 2.13. The number of carbonyl (C=O) groups is 2. The van der Waals surface area contributed by atoms with E-state index in [1.54, 1.807) is 20.8 Å². The van der Waals surface area contributed by atoms with Gasteiger partial charge in [0.05, 0.1) is 5.92 Å². The molecule has 0 bridgehead atoms. The van der Waals surface area contributed by atoms with E-state index >= 15 is 0 Å². The lowest BCUT2D eigenvalue weighted by Gasteiger charge is -2.43. The van der Waals surface area contributed by atoms with E-state index < -0.39 is 67.1 Å². The number of ether oxygens (including phenoxy) is 1. The third-order valence-electron chi connectivity index (χ3n) is 5.16. The van der Waals surface area contributed by atoms with Crippen molar-refractivity contribution in [1.29, 1.82) is 0 Å². The van der Waals surface area contributed by atoms with Crippen LogP contribution in [0.1, 0.15) is 40.0 Å². The van der Waals surface area contributed by atoms with E-state index in [2.05, 4.69) is 0 Å². The first-order valence-electron chi connectivity index (χ1n) is 8.97. The van der Waals surface area contributed by atoms with E-state index in [9.17, 15) is 35.9 Å². The van der Waals surface area contributed by atoms with Crippen molar-refractivity contribution in [3.05, 3.63) is 0 Å². The SMILES string of the molecule is CC(C)(C)OC(=O)N1CCC(C(=O)N2CC[C@H](C(F)(F)F)C2)(C(F)(F)F)CC1. The average Bonchev–Trinajstić information content (AvgIpc) is 3.01. The van der Waals surface area contributed by atoms with Crippen molar-refractivity contribution < 1.29 is 40.7 Å². The Bertz CT molecular complexity index is 603. The first-order chi connectivity index (χ1) is 12.6. The van der Waals surface area contributed by atoms with Crippen LogP contribution in [-0.2, 0) is 9.53 Å². The van der Waals surface area contributed by atoms with Gasteiger partial charge in [-0.15, -0.1) is 0 Å². The van der Waals surface area contributed by atoms with Gasteiger partial charge < -0.3 is 14.5 Å². The van der Waals surface area contributed by atoms with Crippen LogP contribution in [0.3, 0.4) is 0 Å². The molecule has 0 N–H and O–H groups in total. The molecule has 0 spiro atoms. The van der Waals surface area contributed by atoms with Gasteiger partial charge in [0.1, 0.15) is 11.0 Å². The fourth-order valence-electron chi connectivity index (χ4n) is 3.53. The molecule has 0 unspecified atom stereocenters. The molecular formula is C17H24F6N2O3. The van der Waals surface area contributed by atoms with E-state index in [1.807, 2.05) is 0 Å². The fraction of sp³-hybridized carbons (Fsp3) is 0.882. The predicted octanol–water partition coefficient (Wildman–Crippen LogP) is 3.98. The highest BCUT2D eigenvalue weighted by Gasteiger charge is 2.63. The molecule has 2 aliphatic rings. The monoisotopic (exact) mass is 418 g/mol. The zero-order valence-electron chi connectivity index (χ0n) is 15.9. The molecule has 1 atom stereocenters. The second-order valence-electron chi connectivity index (χ2n) is 8.33. The molecule has 11 heteroatoms. The fourth-order valence-corrected chi connectivity index (χ4v) is 3.53. The van der Waals surface area contributed by atoms with Crippen molar-refractivity contribution in [2.45, 2.75) is 58.0 Å². The topological polar surface area (TPSA) is 49.9 Å². The van der Waals surface area contributed by atoms with Crippen LogP contribution in [0.15, 0.2) is 0 Å². The van der Waals surface area contributed by atoms with Gasteiger partial charge in [-0.25, -0.2) is 4.79 Å². The van der Waals surface area contributed by atoms with E-state index in [4.69, 9.17) is 4.74 Å². The van der Waals surface area contributed by atoms with Gasteiger partial charge in [0, 0.05) is 26.2 Å². The summed E-state index contributed by atoms with van der Waals surface area (Å²) >= 11 is 0. The Labute approximate surface area is 159 Å². The van der Waals surface area contributed by atoms with Crippen LogP contribution in [0.5, 0.6) is 0 Å².